The maximum absolute atomic E-state index is 5.10. The van der Waals surface area contributed by atoms with Crippen LogP contribution in [0.3, 0.4) is 0 Å². The Kier molecular flexibility index (Phi) is 4.46. The summed E-state index contributed by atoms with van der Waals surface area (Å²) in [6, 6.07) is 44.2. The smallest absolute Gasteiger partial charge is 0.235 e. The summed E-state index contributed by atoms with van der Waals surface area (Å²) in [6.07, 6.45) is 0. The number of hydrogen-bond donors (Lipinski definition) is 0. The molecule has 35 heavy (non-hydrogen) atoms. The van der Waals surface area contributed by atoms with Crippen molar-refractivity contribution in [3.05, 3.63) is 127 Å². The third-order valence-electron chi connectivity index (χ3n) is 6.62. The second-order valence-electron chi connectivity index (χ2n) is 8.70. The predicted octanol–water partition coefficient (Wildman–Crippen LogP) is 8.06. The molecule has 5 aromatic carbocycles. The van der Waals surface area contributed by atoms with Gasteiger partial charge in [0.1, 0.15) is 0 Å². The first kappa shape index (κ1) is 19.7. The zero-order valence-electron chi connectivity index (χ0n) is 19.0. The maximum Gasteiger partial charge on any atom is 0.235 e. The molecule has 0 saturated carbocycles. The van der Waals surface area contributed by atoms with Crippen LogP contribution in [0.2, 0.25) is 0 Å². The molecular formula is C32H21N3. The van der Waals surface area contributed by atoms with Crippen LogP contribution in [0.15, 0.2) is 127 Å². The van der Waals surface area contributed by atoms with E-state index in [1.807, 2.05) is 36.4 Å². The third-order valence-corrected chi connectivity index (χ3v) is 6.62. The van der Waals surface area contributed by atoms with E-state index in [0.29, 0.717) is 5.95 Å². The van der Waals surface area contributed by atoms with Crippen molar-refractivity contribution in [2.75, 3.05) is 0 Å². The molecular weight excluding hydrogens is 426 g/mol. The molecule has 2 heterocycles. The molecule has 0 aliphatic heterocycles. The van der Waals surface area contributed by atoms with Crippen LogP contribution >= 0.6 is 0 Å². The van der Waals surface area contributed by atoms with Gasteiger partial charge in [-0.2, -0.15) is 0 Å². The first-order valence-electron chi connectivity index (χ1n) is 11.8. The molecule has 2 aromatic heterocycles. The Labute approximate surface area is 203 Å². The van der Waals surface area contributed by atoms with E-state index in [4.69, 9.17) is 9.97 Å². The lowest BCUT2D eigenvalue weighted by Crippen LogP contribution is -2.03. The van der Waals surface area contributed by atoms with Gasteiger partial charge in [0, 0.05) is 21.9 Å². The number of aromatic nitrogens is 3. The molecule has 0 unspecified atom stereocenters. The Morgan fingerprint density at radius 2 is 1.03 bits per heavy atom. The topological polar surface area (TPSA) is 30.7 Å². The van der Waals surface area contributed by atoms with E-state index in [0.717, 1.165) is 33.5 Å². The predicted molar refractivity (Wildman–Crippen MR) is 145 cm³/mol. The van der Waals surface area contributed by atoms with E-state index >= 15 is 0 Å². The van der Waals surface area contributed by atoms with Crippen molar-refractivity contribution in [3.63, 3.8) is 0 Å². The van der Waals surface area contributed by atoms with Gasteiger partial charge in [-0.15, -0.1) is 0 Å². The first-order chi connectivity index (χ1) is 17.4. The van der Waals surface area contributed by atoms with Crippen molar-refractivity contribution < 1.29 is 0 Å². The fraction of sp³-hybridized carbons (Fsp3) is 0. The van der Waals surface area contributed by atoms with Gasteiger partial charge in [0.2, 0.25) is 5.95 Å². The summed E-state index contributed by atoms with van der Waals surface area (Å²) < 4.78 is 2.20. The van der Waals surface area contributed by atoms with E-state index in [9.17, 15) is 0 Å². The summed E-state index contributed by atoms with van der Waals surface area (Å²) in [5.41, 5.74) is 6.15. The van der Waals surface area contributed by atoms with Gasteiger partial charge in [0.15, 0.2) is 0 Å². The number of nitrogens with zero attached hydrogens (tertiary/aromatic N) is 3. The molecule has 0 N–H and O–H groups in total. The second kappa shape index (κ2) is 7.93. The molecule has 0 atom stereocenters. The van der Waals surface area contributed by atoms with Crippen molar-refractivity contribution in [2.45, 2.75) is 0 Å². The largest absolute Gasteiger partial charge is 0.278 e. The molecule has 0 bridgehead atoms. The highest BCUT2D eigenvalue weighted by Crippen LogP contribution is 2.37. The van der Waals surface area contributed by atoms with Gasteiger partial charge in [0.05, 0.1) is 22.4 Å². The Bertz CT molecular complexity index is 1780. The summed E-state index contributed by atoms with van der Waals surface area (Å²) in [5, 5.41) is 4.90. The summed E-state index contributed by atoms with van der Waals surface area (Å²) >= 11 is 0. The molecule has 0 fully saturated rings. The number of rotatable bonds is 3. The Hall–Kier alpha value is -4.76. The zero-order chi connectivity index (χ0) is 23.2. The SMILES string of the molecule is c1ccc(-c2cc(-c3ccccc3)nc(-n3c4ccccc4c4c5ccccc5ccc43)n2)cc1. The van der Waals surface area contributed by atoms with E-state index in [1.54, 1.807) is 0 Å². The molecule has 3 nitrogen and oxygen atoms in total. The molecule has 7 aromatic rings. The summed E-state index contributed by atoms with van der Waals surface area (Å²) in [4.78, 5) is 10.2. The summed E-state index contributed by atoms with van der Waals surface area (Å²) in [5.74, 6) is 0.673. The maximum atomic E-state index is 5.10. The van der Waals surface area contributed by atoms with Crippen LogP contribution in [-0.2, 0) is 0 Å². The van der Waals surface area contributed by atoms with Crippen LogP contribution in [-0.4, -0.2) is 14.5 Å². The molecule has 7 rings (SSSR count). The van der Waals surface area contributed by atoms with E-state index < -0.39 is 0 Å². The summed E-state index contributed by atoms with van der Waals surface area (Å²) in [7, 11) is 0. The Balaban J connectivity index is 1.60. The van der Waals surface area contributed by atoms with Crippen LogP contribution in [0.1, 0.15) is 0 Å². The lowest BCUT2D eigenvalue weighted by molar-refractivity contribution is 0.996. The van der Waals surface area contributed by atoms with Crippen LogP contribution in [0.4, 0.5) is 0 Å². The van der Waals surface area contributed by atoms with Crippen molar-refractivity contribution in [1.29, 1.82) is 0 Å². The monoisotopic (exact) mass is 447 g/mol. The van der Waals surface area contributed by atoms with Gasteiger partial charge in [-0.25, -0.2) is 9.97 Å². The number of fused-ring (bicyclic) bond motifs is 5. The Morgan fingerprint density at radius 3 is 1.71 bits per heavy atom. The number of para-hydroxylation sites is 1. The molecule has 0 radical (unpaired) electrons. The lowest BCUT2D eigenvalue weighted by Gasteiger charge is -2.12. The van der Waals surface area contributed by atoms with Gasteiger partial charge in [-0.1, -0.05) is 109 Å². The van der Waals surface area contributed by atoms with E-state index in [1.165, 1.54) is 21.5 Å². The second-order valence-corrected chi connectivity index (χ2v) is 8.70. The van der Waals surface area contributed by atoms with Crippen LogP contribution in [0.25, 0.3) is 61.0 Å². The van der Waals surface area contributed by atoms with Gasteiger partial charge in [0.25, 0.3) is 0 Å². The van der Waals surface area contributed by atoms with E-state index in [2.05, 4.69) is 95.6 Å². The van der Waals surface area contributed by atoms with Crippen LogP contribution in [0.5, 0.6) is 0 Å². The molecule has 164 valence electrons. The minimum atomic E-state index is 0.673. The quantitative estimate of drug-likeness (QED) is 0.274. The minimum Gasteiger partial charge on any atom is -0.278 e. The fourth-order valence-electron chi connectivity index (χ4n) is 5.00. The lowest BCUT2D eigenvalue weighted by atomic mass is 10.0. The van der Waals surface area contributed by atoms with Crippen LogP contribution < -0.4 is 0 Å². The number of benzene rings is 5. The van der Waals surface area contributed by atoms with Gasteiger partial charge in [-0.3, -0.25) is 4.57 Å². The van der Waals surface area contributed by atoms with Crippen molar-refractivity contribution in [3.8, 4) is 28.5 Å². The molecule has 0 amide bonds. The third kappa shape index (κ3) is 3.21. The summed E-state index contributed by atoms with van der Waals surface area (Å²) in [6.45, 7) is 0. The van der Waals surface area contributed by atoms with Gasteiger partial charge < -0.3 is 0 Å². The highest BCUT2D eigenvalue weighted by Gasteiger charge is 2.18. The fourth-order valence-corrected chi connectivity index (χ4v) is 5.00. The van der Waals surface area contributed by atoms with Crippen molar-refractivity contribution >= 4 is 32.6 Å². The zero-order valence-corrected chi connectivity index (χ0v) is 19.0. The average molecular weight is 448 g/mol. The average Bonchev–Trinajstić information content (AvgIpc) is 3.29. The highest BCUT2D eigenvalue weighted by atomic mass is 15.2. The van der Waals surface area contributed by atoms with Crippen LogP contribution in [0, 0.1) is 0 Å². The number of hydrogen-bond acceptors (Lipinski definition) is 2. The van der Waals surface area contributed by atoms with Crippen molar-refractivity contribution in [1.82, 2.24) is 14.5 Å². The standard InChI is InChI=1S/C32H21N3/c1-3-12-23(13-4-1)27-21-28(24-14-5-2-6-15-24)34-32(33-27)35-29-18-10-9-17-26(29)31-25-16-8-7-11-22(25)19-20-30(31)35/h1-21H. The van der Waals surface area contributed by atoms with Gasteiger partial charge in [-0.05, 0) is 29.0 Å². The molecule has 0 saturated heterocycles. The van der Waals surface area contributed by atoms with E-state index in [-0.39, 0.29) is 0 Å². The molecule has 0 aliphatic rings. The first-order valence-corrected chi connectivity index (χ1v) is 11.8. The van der Waals surface area contributed by atoms with Crippen molar-refractivity contribution in [2.24, 2.45) is 0 Å². The molecule has 0 aliphatic carbocycles. The molecule has 3 heteroatoms. The normalized spacial score (nSPS) is 11.4. The van der Waals surface area contributed by atoms with Gasteiger partial charge >= 0.3 is 0 Å². The highest BCUT2D eigenvalue weighted by molar-refractivity contribution is 6.21. The molecule has 0 spiro atoms. The minimum absolute atomic E-state index is 0.673. The Morgan fingerprint density at radius 1 is 0.457 bits per heavy atom.